The molecule has 1 fully saturated rings. The predicted octanol–water partition coefficient (Wildman–Crippen LogP) is 2.13. The van der Waals surface area contributed by atoms with Gasteiger partial charge in [-0.3, -0.25) is 9.59 Å². The molecule has 2 aromatic rings. The second-order valence-electron chi connectivity index (χ2n) is 5.17. The molecule has 0 unspecified atom stereocenters. The fourth-order valence-electron chi connectivity index (χ4n) is 2.66. The first kappa shape index (κ1) is 13.1. The minimum Gasteiger partial charge on any atom is -0.369 e. The van der Waals surface area contributed by atoms with Crippen molar-refractivity contribution in [3.8, 4) is 0 Å². The third kappa shape index (κ3) is 2.41. The molecule has 1 atom stereocenters. The number of rotatable bonds is 3. The van der Waals surface area contributed by atoms with Crippen LogP contribution in [0.1, 0.15) is 18.4 Å². The number of fused-ring (bicyclic) bond motifs is 1. The van der Waals surface area contributed by atoms with Crippen LogP contribution in [0.25, 0.3) is 10.1 Å². The van der Waals surface area contributed by atoms with E-state index in [1.54, 1.807) is 16.2 Å². The second kappa shape index (κ2) is 5.25. The maximum absolute atomic E-state index is 12.0. The summed E-state index contributed by atoms with van der Waals surface area (Å²) in [6, 6.07) is 8.16. The molecule has 2 amide bonds. The lowest BCUT2D eigenvalue weighted by atomic mass is 9.96. The van der Waals surface area contributed by atoms with E-state index in [1.807, 2.05) is 12.1 Å². The van der Waals surface area contributed by atoms with E-state index in [4.69, 9.17) is 5.73 Å². The average molecular weight is 288 g/mol. The molecule has 1 saturated heterocycles. The second-order valence-corrected chi connectivity index (χ2v) is 6.08. The number of likely N-dealkylation sites (tertiary alicyclic amines) is 1. The first-order valence-corrected chi connectivity index (χ1v) is 7.55. The molecule has 4 nitrogen and oxygen atoms in total. The van der Waals surface area contributed by atoms with E-state index in [1.165, 1.54) is 10.1 Å². The highest BCUT2D eigenvalue weighted by atomic mass is 32.1. The Morgan fingerprint density at radius 2 is 2.20 bits per heavy atom. The van der Waals surface area contributed by atoms with Gasteiger partial charge in [0.1, 0.15) is 0 Å². The SMILES string of the molecule is NC(=O)[C@H]1CCC(=O)N(Cc2csc3ccccc23)C1. The zero-order valence-corrected chi connectivity index (χ0v) is 11.9. The van der Waals surface area contributed by atoms with Crippen molar-refractivity contribution in [2.75, 3.05) is 6.54 Å². The number of primary amides is 1. The zero-order valence-electron chi connectivity index (χ0n) is 11.0. The summed E-state index contributed by atoms with van der Waals surface area (Å²) in [5, 5.41) is 3.28. The van der Waals surface area contributed by atoms with Gasteiger partial charge in [0, 0.05) is 24.2 Å². The number of amides is 2. The van der Waals surface area contributed by atoms with Gasteiger partial charge in [0.05, 0.1) is 5.92 Å². The highest BCUT2D eigenvalue weighted by Gasteiger charge is 2.29. The molecule has 3 rings (SSSR count). The molecule has 0 aliphatic carbocycles. The molecule has 2 heterocycles. The van der Waals surface area contributed by atoms with Gasteiger partial charge in [0.25, 0.3) is 0 Å². The lowest BCUT2D eigenvalue weighted by Gasteiger charge is -2.31. The Morgan fingerprint density at radius 3 is 3.00 bits per heavy atom. The molecule has 20 heavy (non-hydrogen) atoms. The molecule has 0 saturated carbocycles. The normalized spacial score (nSPS) is 19.5. The molecule has 5 heteroatoms. The number of benzene rings is 1. The van der Waals surface area contributed by atoms with Crippen LogP contribution in [-0.2, 0) is 16.1 Å². The molecule has 2 N–H and O–H groups in total. The Balaban J connectivity index is 1.82. The molecule has 104 valence electrons. The van der Waals surface area contributed by atoms with E-state index in [-0.39, 0.29) is 17.7 Å². The monoisotopic (exact) mass is 288 g/mol. The first-order chi connectivity index (χ1) is 9.65. The van der Waals surface area contributed by atoms with E-state index in [2.05, 4.69) is 17.5 Å². The van der Waals surface area contributed by atoms with Gasteiger partial charge in [-0.25, -0.2) is 0 Å². The maximum atomic E-state index is 12.0. The molecule has 1 aliphatic rings. The van der Waals surface area contributed by atoms with Gasteiger partial charge in [-0.1, -0.05) is 18.2 Å². The van der Waals surface area contributed by atoms with Gasteiger partial charge in [0.15, 0.2) is 0 Å². The van der Waals surface area contributed by atoms with E-state index in [0.29, 0.717) is 25.9 Å². The molecule has 0 radical (unpaired) electrons. The van der Waals surface area contributed by atoms with Crippen LogP contribution in [0.3, 0.4) is 0 Å². The summed E-state index contributed by atoms with van der Waals surface area (Å²) in [5.74, 6) is -0.409. The summed E-state index contributed by atoms with van der Waals surface area (Å²) < 4.78 is 1.22. The summed E-state index contributed by atoms with van der Waals surface area (Å²) in [4.78, 5) is 25.1. The van der Waals surface area contributed by atoms with Gasteiger partial charge in [-0.05, 0) is 28.8 Å². The van der Waals surface area contributed by atoms with Crippen molar-refractivity contribution >= 4 is 33.2 Å². The fraction of sp³-hybridized carbons (Fsp3) is 0.333. The number of piperidine rings is 1. The molecule has 1 aliphatic heterocycles. The zero-order chi connectivity index (χ0) is 14.1. The minimum absolute atomic E-state index is 0.109. The quantitative estimate of drug-likeness (QED) is 0.940. The van der Waals surface area contributed by atoms with Gasteiger partial charge in [-0.15, -0.1) is 11.3 Å². The summed E-state index contributed by atoms with van der Waals surface area (Å²) >= 11 is 1.68. The number of hydrogen-bond acceptors (Lipinski definition) is 3. The number of nitrogens with two attached hydrogens (primary N) is 1. The Labute approximate surface area is 121 Å². The standard InChI is InChI=1S/C15H16N2O2S/c16-15(19)10-5-6-14(18)17(7-10)8-11-9-20-13-4-2-1-3-12(11)13/h1-4,9-10H,5-8H2,(H2,16,19)/t10-/m0/s1. The van der Waals surface area contributed by atoms with Crippen molar-refractivity contribution in [1.82, 2.24) is 4.90 Å². The predicted molar refractivity (Wildman–Crippen MR) is 79.2 cm³/mol. The Kier molecular flexibility index (Phi) is 3.44. The van der Waals surface area contributed by atoms with Crippen LogP contribution in [0.15, 0.2) is 29.6 Å². The smallest absolute Gasteiger partial charge is 0.222 e. The van der Waals surface area contributed by atoms with Crippen molar-refractivity contribution in [3.63, 3.8) is 0 Å². The minimum atomic E-state index is -0.308. The third-order valence-corrected chi connectivity index (χ3v) is 4.84. The number of hydrogen-bond donors (Lipinski definition) is 1. The van der Waals surface area contributed by atoms with Gasteiger partial charge < -0.3 is 10.6 Å². The fourth-order valence-corrected chi connectivity index (χ4v) is 3.61. The summed E-state index contributed by atoms with van der Waals surface area (Å²) in [5.41, 5.74) is 6.51. The highest BCUT2D eigenvalue weighted by Crippen LogP contribution is 2.28. The van der Waals surface area contributed by atoms with Crippen LogP contribution in [0.4, 0.5) is 0 Å². The number of thiophene rings is 1. The Bertz CT molecular complexity index is 665. The number of carbonyl (C=O) groups is 2. The van der Waals surface area contributed by atoms with Crippen molar-refractivity contribution in [1.29, 1.82) is 0 Å². The van der Waals surface area contributed by atoms with Gasteiger partial charge in [0.2, 0.25) is 11.8 Å². The topological polar surface area (TPSA) is 63.4 Å². The van der Waals surface area contributed by atoms with Gasteiger partial charge in [-0.2, -0.15) is 0 Å². The summed E-state index contributed by atoms with van der Waals surface area (Å²) in [6.07, 6.45) is 0.991. The van der Waals surface area contributed by atoms with Crippen LogP contribution in [0.5, 0.6) is 0 Å². The van der Waals surface area contributed by atoms with Crippen LogP contribution >= 0.6 is 11.3 Å². The van der Waals surface area contributed by atoms with Crippen LogP contribution in [-0.4, -0.2) is 23.3 Å². The van der Waals surface area contributed by atoms with Crippen LogP contribution in [0, 0.1) is 5.92 Å². The van der Waals surface area contributed by atoms with Crippen LogP contribution in [0.2, 0.25) is 0 Å². The van der Waals surface area contributed by atoms with E-state index < -0.39 is 0 Å². The van der Waals surface area contributed by atoms with Crippen molar-refractivity contribution < 1.29 is 9.59 Å². The molecule has 0 bridgehead atoms. The van der Waals surface area contributed by atoms with Crippen molar-refractivity contribution in [2.45, 2.75) is 19.4 Å². The Hall–Kier alpha value is -1.88. The largest absolute Gasteiger partial charge is 0.369 e. The number of carbonyl (C=O) groups excluding carboxylic acids is 2. The van der Waals surface area contributed by atoms with E-state index >= 15 is 0 Å². The molecular weight excluding hydrogens is 272 g/mol. The average Bonchev–Trinajstić information content (AvgIpc) is 2.84. The van der Waals surface area contributed by atoms with Gasteiger partial charge >= 0.3 is 0 Å². The van der Waals surface area contributed by atoms with E-state index in [9.17, 15) is 9.59 Å². The maximum Gasteiger partial charge on any atom is 0.222 e. The lowest BCUT2D eigenvalue weighted by molar-refractivity contribution is -0.138. The lowest BCUT2D eigenvalue weighted by Crippen LogP contribution is -2.43. The molecule has 1 aromatic heterocycles. The third-order valence-electron chi connectivity index (χ3n) is 3.82. The highest BCUT2D eigenvalue weighted by molar-refractivity contribution is 7.17. The first-order valence-electron chi connectivity index (χ1n) is 6.67. The molecular formula is C15H16N2O2S. The Morgan fingerprint density at radius 1 is 1.40 bits per heavy atom. The summed E-state index contributed by atoms with van der Waals surface area (Å²) in [7, 11) is 0. The van der Waals surface area contributed by atoms with E-state index in [0.717, 1.165) is 5.56 Å². The van der Waals surface area contributed by atoms with Crippen molar-refractivity contribution in [3.05, 3.63) is 35.2 Å². The summed E-state index contributed by atoms with van der Waals surface area (Å²) in [6.45, 7) is 1.00. The molecule has 0 spiro atoms. The van der Waals surface area contributed by atoms with Crippen molar-refractivity contribution in [2.24, 2.45) is 11.7 Å². The molecule has 1 aromatic carbocycles. The number of nitrogens with zero attached hydrogens (tertiary/aromatic N) is 1. The van der Waals surface area contributed by atoms with Crippen LogP contribution < -0.4 is 5.73 Å².